The summed E-state index contributed by atoms with van der Waals surface area (Å²) in [4.78, 5) is 26.6. The Bertz CT molecular complexity index is 642. The van der Waals surface area contributed by atoms with Crippen molar-refractivity contribution >= 4 is 29.2 Å². The van der Waals surface area contributed by atoms with Gasteiger partial charge in [0, 0.05) is 24.3 Å². The highest BCUT2D eigenvalue weighted by Crippen LogP contribution is 2.25. The average molecular weight is 367 g/mol. The Labute approximate surface area is 154 Å². The predicted molar refractivity (Wildman–Crippen MR) is 101 cm³/mol. The second-order valence-electron chi connectivity index (χ2n) is 7.49. The zero-order valence-corrected chi connectivity index (χ0v) is 16.0. The molecule has 1 aliphatic heterocycles. The molecule has 0 spiro atoms. The zero-order chi connectivity index (χ0) is 18.6. The average Bonchev–Trinajstić information content (AvgIpc) is 2.95. The Morgan fingerprint density at radius 3 is 2.68 bits per heavy atom. The monoisotopic (exact) mass is 366 g/mol. The Kier molecular flexibility index (Phi) is 6.30. The molecule has 1 fully saturated rings. The van der Waals surface area contributed by atoms with Gasteiger partial charge in [-0.2, -0.15) is 0 Å². The molecule has 3 N–H and O–H groups in total. The first kappa shape index (κ1) is 19.5. The van der Waals surface area contributed by atoms with Crippen LogP contribution in [0, 0.1) is 5.92 Å². The van der Waals surface area contributed by atoms with Gasteiger partial charge in [-0.05, 0) is 64.9 Å². The van der Waals surface area contributed by atoms with E-state index >= 15 is 0 Å². The first-order valence-corrected chi connectivity index (χ1v) is 8.90. The largest absolute Gasteiger partial charge is 0.338 e. The molecule has 3 amide bonds. The van der Waals surface area contributed by atoms with Gasteiger partial charge in [-0.3, -0.25) is 4.79 Å². The zero-order valence-electron chi connectivity index (χ0n) is 15.3. The van der Waals surface area contributed by atoms with Crippen LogP contribution in [-0.4, -0.2) is 49.1 Å². The van der Waals surface area contributed by atoms with E-state index in [0.29, 0.717) is 22.2 Å². The molecule has 0 saturated carbocycles. The summed E-state index contributed by atoms with van der Waals surface area (Å²) in [6.07, 6.45) is 0.982. The molecular weight excluding hydrogens is 340 g/mol. The minimum absolute atomic E-state index is 0.0940. The number of benzene rings is 1. The molecule has 6 nitrogen and oxygen atoms in total. The smallest absolute Gasteiger partial charge is 0.319 e. The van der Waals surface area contributed by atoms with E-state index in [9.17, 15) is 9.59 Å². The van der Waals surface area contributed by atoms with Crippen LogP contribution >= 0.6 is 11.6 Å². The van der Waals surface area contributed by atoms with Gasteiger partial charge in [0.15, 0.2) is 0 Å². The van der Waals surface area contributed by atoms with E-state index in [4.69, 9.17) is 11.6 Å². The molecule has 0 aliphatic carbocycles. The third-order valence-electron chi connectivity index (χ3n) is 4.01. The molecule has 0 bridgehead atoms. The highest BCUT2D eigenvalue weighted by atomic mass is 35.5. The molecule has 1 saturated heterocycles. The second-order valence-corrected chi connectivity index (χ2v) is 7.89. The molecule has 7 heteroatoms. The molecule has 1 unspecified atom stereocenters. The van der Waals surface area contributed by atoms with Crippen molar-refractivity contribution in [2.24, 2.45) is 5.92 Å². The number of hydrogen-bond acceptors (Lipinski definition) is 3. The van der Waals surface area contributed by atoms with Gasteiger partial charge in [0.25, 0.3) is 5.91 Å². The maximum atomic E-state index is 12.8. The number of nitrogens with one attached hydrogen (secondary N) is 3. The van der Waals surface area contributed by atoms with Crippen LogP contribution in [0.5, 0.6) is 0 Å². The van der Waals surface area contributed by atoms with Crippen molar-refractivity contribution in [1.29, 1.82) is 0 Å². The minimum atomic E-state index is -0.340. The van der Waals surface area contributed by atoms with E-state index < -0.39 is 0 Å². The first-order valence-electron chi connectivity index (χ1n) is 8.52. The van der Waals surface area contributed by atoms with Crippen molar-refractivity contribution in [2.45, 2.75) is 32.7 Å². The van der Waals surface area contributed by atoms with E-state index in [-0.39, 0.29) is 17.5 Å². The highest BCUT2D eigenvalue weighted by Gasteiger charge is 2.27. The predicted octanol–water partition coefficient (Wildman–Crippen LogP) is 2.94. The summed E-state index contributed by atoms with van der Waals surface area (Å²) in [6.45, 7) is 8.04. The number of carbonyl (C=O) groups excluding carboxylic acids is 2. The van der Waals surface area contributed by atoms with E-state index in [1.54, 1.807) is 18.2 Å². The number of hydrogen-bond donors (Lipinski definition) is 3. The summed E-state index contributed by atoms with van der Waals surface area (Å²) < 4.78 is 0. The lowest BCUT2D eigenvalue weighted by Crippen LogP contribution is -2.43. The van der Waals surface area contributed by atoms with Crippen LogP contribution in [-0.2, 0) is 0 Å². The fourth-order valence-electron chi connectivity index (χ4n) is 2.91. The van der Waals surface area contributed by atoms with E-state index in [1.165, 1.54) is 0 Å². The molecule has 1 aliphatic rings. The molecule has 138 valence electrons. The lowest BCUT2D eigenvalue weighted by molar-refractivity contribution is 0.0787. The van der Waals surface area contributed by atoms with E-state index in [0.717, 1.165) is 26.1 Å². The number of nitrogens with zero attached hydrogens (tertiary/aromatic N) is 1. The Hall–Kier alpha value is -1.79. The van der Waals surface area contributed by atoms with Crippen LogP contribution in [0.25, 0.3) is 0 Å². The second kappa shape index (κ2) is 8.06. The summed E-state index contributed by atoms with van der Waals surface area (Å²) in [7, 11) is 1.92. The Morgan fingerprint density at radius 1 is 1.32 bits per heavy atom. The van der Waals surface area contributed by atoms with Crippen LogP contribution in [0.15, 0.2) is 18.2 Å². The van der Waals surface area contributed by atoms with Gasteiger partial charge >= 0.3 is 6.03 Å². The van der Waals surface area contributed by atoms with Crippen LogP contribution in [0.1, 0.15) is 37.6 Å². The third-order valence-corrected chi connectivity index (χ3v) is 4.34. The van der Waals surface area contributed by atoms with Crippen molar-refractivity contribution in [3.05, 3.63) is 28.8 Å². The molecule has 0 radical (unpaired) electrons. The standard InChI is InChI=1S/C18H27ClN4O2/c1-18(2,3)22-17(25)21-13-5-6-15(19)14(9-13)16(24)23-8-7-12(11-23)10-20-4/h5-6,9,12,20H,7-8,10-11H2,1-4H3,(H2,21,22,25). The van der Waals surface area contributed by atoms with Crippen LogP contribution in [0.3, 0.4) is 0 Å². The van der Waals surface area contributed by atoms with Crippen molar-refractivity contribution in [3.63, 3.8) is 0 Å². The van der Waals surface area contributed by atoms with Crippen LogP contribution in [0.2, 0.25) is 5.02 Å². The van der Waals surface area contributed by atoms with Gasteiger partial charge < -0.3 is 20.9 Å². The summed E-state index contributed by atoms with van der Waals surface area (Å²) in [5.74, 6) is 0.370. The summed E-state index contributed by atoms with van der Waals surface area (Å²) in [5, 5.41) is 9.12. The lowest BCUT2D eigenvalue weighted by atomic mass is 10.1. The molecule has 25 heavy (non-hydrogen) atoms. The molecule has 1 heterocycles. The van der Waals surface area contributed by atoms with Crippen molar-refractivity contribution in [3.8, 4) is 0 Å². The fraction of sp³-hybridized carbons (Fsp3) is 0.556. The number of urea groups is 1. The quantitative estimate of drug-likeness (QED) is 0.767. The topological polar surface area (TPSA) is 73.5 Å². The molecule has 1 atom stereocenters. The van der Waals surface area contributed by atoms with Crippen molar-refractivity contribution in [1.82, 2.24) is 15.5 Å². The summed E-state index contributed by atoms with van der Waals surface area (Å²) in [5.41, 5.74) is 0.619. The Balaban J connectivity index is 2.08. The van der Waals surface area contributed by atoms with E-state index in [2.05, 4.69) is 16.0 Å². The molecule has 1 aromatic rings. The highest BCUT2D eigenvalue weighted by molar-refractivity contribution is 6.34. The lowest BCUT2D eigenvalue weighted by Gasteiger charge is -2.21. The molecule has 0 aromatic heterocycles. The number of anilines is 1. The van der Waals surface area contributed by atoms with E-state index in [1.807, 2.05) is 32.7 Å². The summed E-state index contributed by atoms with van der Waals surface area (Å²) >= 11 is 6.22. The van der Waals surface area contributed by atoms with Gasteiger partial charge in [-0.25, -0.2) is 4.79 Å². The normalized spacial score (nSPS) is 17.5. The number of carbonyl (C=O) groups is 2. The third kappa shape index (κ3) is 5.61. The SMILES string of the molecule is CNCC1CCN(C(=O)c2cc(NC(=O)NC(C)(C)C)ccc2Cl)C1. The van der Waals surface area contributed by atoms with Gasteiger partial charge in [0.1, 0.15) is 0 Å². The number of halogens is 1. The van der Waals surface area contributed by atoms with Crippen LogP contribution in [0.4, 0.5) is 10.5 Å². The number of amides is 3. The minimum Gasteiger partial charge on any atom is -0.338 e. The first-order chi connectivity index (χ1) is 11.7. The molecule has 2 rings (SSSR count). The fourth-order valence-corrected chi connectivity index (χ4v) is 3.11. The van der Waals surface area contributed by atoms with Gasteiger partial charge in [-0.15, -0.1) is 0 Å². The number of rotatable bonds is 4. The van der Waals surface area contributed by atoms with Crippen molar-refractivity contribution in [2.75, 3.05) is 32.0 Å². The Morgan fingerprint density at radius 2 is 2.04 bits per heavy atom. The molecular formula is C18H27ClN4O2. The molecule has 1 aromatic carbocycles. The number of likely N-dealkylation sites (tertiary alicyclic amines) is 1. The van der Waals surface area contributed by atoms with Crippen LogP contribution < -0.4 is 16.0 Å². The maximum absolute atomic E-state index is 12.8. The summed E-state index contributed by atoms with van der Waals surface area (Å²) in [6, 6.07) is 4.65. The van der Waals surface area contributed by atoms with Crippen molar-refractivity contribution < 1.29 is 9.59 Å². The van der Waals surface area contributed by atoms with Gasteiger partial charge in [0.05, 0.1) is 10.6 Å². The van der Waals surface area contributed by atoms with Gasteiger partial charge in [0.2, 0.25) is 0 Å². The van der Waals surface area contributed by atoms with Gasteiger partial charge in [-0.1, -0.05) is 11.6 Å². The maximum Gasteiger partial charge on any atom is 0.319 e.